The quantitative estimate of drug-likeness (QED) is 0.920. The average molecular weight is 311 g/mol. The topological polar surface area (TPSA) is 32.7 Å². The van der Waals surface area contributed by atoms with E-state index >= 15 is 0 Å². The van der Waals surface area contributed by atoms with Crippen LogP contribution < -0.4 is 0 Å². The first-order valence-electron chi connectivity index (χ1n) is 8.29. The number of ether oxygens (including phenoxy) is 1. The lowest BCUT2D eigenvalue weighted by atomic mass is 10.0. The molecular formula is C20H25NO2. The first-order chi connectivity index (χ1) is 11.2. The minimum atomic E-state index is -0.0973. The number of hydrogen-bond donors (Lipinski definition) is 1. The number of hydrogen-bond acceptors (Lipinski definition) is 3. The summed E-state index contributed by atoms with van der Waals surface area (Å²) in [4.78, 5) is 2.32. The van der Waals surface area contributed by atoms with E-state index in [-0.39, 0.29) is 18.9 Å². The zero-order valence-corrected chi connectivity index (χ0v) is 13.9. The van der Waals surface area contributed by atoms with E-state index in [9.17, 15) is 5.11 Å². The predicted molar refractivity (Wildman–Crippen MR) is 92.3 cm³/mol. The Bertz CT molecular complexity index is 641. The van der Waals surface area contributed by atoms with Gasteiger partial charge in [-0.15, -0.1) is 0 Å². The molecule has 2 aromatic carbocycles. The summed E-state index contributed by atoms with van der Waals surface area (Å²) >= 11 is 0. The maximum absolute atomic E-state index is 9.45. The highest BCUT2D eigenvalue weighted by Crippen LogP contribution is 2.30. The standard InChI is InChI=1S/C20H25NO2/c1-15-8-9-17(12-16(15)2)10-11-21-13-19(14-22)23-20(21)18-6-4-3-5-7-18/h3-9,12,19-20,22H,10-11,13-14H2,1-2H3. The highest BCUT2D eigenvalue weighted by atomic mass is 16.5. The van der Waals surface area contributed by atoms with Gasteiger partial charge in [0.15, 0.2) is 0 Å². The van der Waals surface area contributed by atoms with Crippen LogP contribution >= 0.6 is 0 Å². The molecule has 0 aliphatic carbocycles. The fourth-order valence-electron chi connectivity index (χ4n) is 3.12. The Morgan fingerprint density at radius 1 is 1.09 bits per heavy atom. The Kier molecular flexibility index (Phi) is 5.11. The number of aliphatic hydroxyl groups excluding tert-OH is 1. The molecule has 23 heavy (non-hydrogen) atoms. The van der Waals surface area contributed by atoms with Crippen LogP contribution in [0.4, 0.5) is 0 Å². The Morgan fingerprint density at radius 2 is 1.87 bits per heavy atom. The minimum Gasteiger partial charge on any atom is -0.394 e. The maximum Gasteiger partial charge on any atom is 0.137 e. The van der Waals surface area contributed by atoms with Crippen molar-refractivity contribution in [2.45, 2.75) is 32.6 Å². The second-order valence-corrected chi connectivity index (χ2v) is 6.37. The van der Waals surface area contributed by atoms with Gasteiger partial charge in [0.05, 0.1) is 12.7 Å². The summed E-state index contributed by atoms with van der Waals surface area (Å²) in [6, 6.07) is 16.9. The Balaban J connectivity index is 1.70. The van der Waals surface area contributed by atoms with Gasteiger partial charge in [0.1, 0.15) is 6.23 Å². The Labute approximate surface area is 138 Å². The number of rotatable bonds is 5. The van der Waals surface area contributed by atoms with Crippen LogP contribution in [0.15, 0.2) is 48.5 Å². The van der Waals surface area contributed by atoms with Crippen LogP contribution in [0.1, 0.15) is 28.5 Å². The zero-order chi connectivity index (χ0) is 16.2. The highest BCUT2D eigenvalue weighted by molar-refractivity contribution is 5.30. The smallest absolute Gasteiger partial charge is 0.137 e. The van der Waals surface area contributed by atoms with Gasteiger partial charge in [-0.2, -0.15) is 0 Å². The van der Waals surface area contributed by atoms with Crippen LogP contribution in [0.5, 0.6) is 0 Å². The summed E-state index contributed by atoms with van der Waals surface area (Å²) in [7, 11) is 0. The molecule has 1 aliphatic heterocycles. The van der Waals surface area contributed by atoms with Crippen LogP contribution in [0, 0.1) is 13.8 Å². The van der Waals surface area contributed by atoms with Gasteiger partial charge >= 0.3 is 0 Å². The van der Waals surface area contributed by atoms with Gasteiger partial charge in [0, 0.05) is 13.1 Å². The molecule has 122 valence electrons. The molecule has 0 aromatic heterocycles. The van der Waals surface area contributed by atoms with E-state index in [0.717, 1.165) is 25.1 Å². The zero-order valence-electron chi connectivity index (χ0n) is 13.9. The fraction of sp³-hybridized carbons (Fsp3) is 0.400. The lowest BCUT2D eigenvalue weighted by molar-refractivity contribution is -0.0193. The van der Waals surface area contributed by atoms with Crippen molar-refractivity contribution in [3.05, 3.63) is 70.8 Å². The van der Waals surface area contributed by atoms with Crippen molar-refractivity contribution >= 4 is 0 Å². The molecule has 3 rings (SSSR count). The van der Waals surface area contributed by atoms with E-state index < -0.39 is 0 Å². The lowest BCUT2D eigenvalue weighted by Gasteiger charge is -2.23. The van der Waals surface area contributed by atoms with E-state index in [1.54, 1.807) is 0 Å². The van der Waals surface area contributed by atoms with Crippen LogP contribution in [-0.2, 0) is 11.2 Å². The molecule has 1 saturated heterocycles. The molecule has 3 nitrogen and oxygen atoms in total. The van der Waals surface area contributed by atoms with Crippen molar-refractivity contribution in [2.75, 3.05) is 19.7 Å². The first kappa shape index (κ1) is 16.2. The second kappa shape index (κ2) is 7.26. The van der Waals surface area contributed by atoms with Gasteiger partial charge in [-0.3, -0.25) is 4.90 Å². The average Bonchev–Trinajstić information content (AvgIpc) is 3.00. The molecule has 1 aliphatic rings. The minimum absolute atomic E-state index is 0.0557. The van der Waals surface area contributed by atoms with Crippen molar-refractivity contribution in [3.8, 4) is 0 Å². The van der Waals surface area contributed by atoms with E-state index in [1.165, 1.54) is 16.7 Å². The van der Waals surface area contributed by atoms with E-state index in [0.29, 0.717) is 0 Å². The summed E-state index contributed by atoms with van der Waals surface area (Å²) in [6.45, 7) is 6.08. The molecule has 1 heterocycles. The summed E-state index contributed by atoms with van der Waals surface area (Å²) < 4.78 is 6.02. The molecule has 0 radical (unpaired) electrons. The van der Waals surface area contributed by atoms with E-state index in [1.807, 2.05) is 18.2 Å². The van der Waals surface area contributed by atoms with Gasteiger partial charge in [-0.05, 0) is 42.5 Å². The van der Waals surface area contributed by atoms with E-state index in [4.69, 9.17) is 4.74 Å². The first-order valence-corrected chi connectivity index (χ1v) is 8.29. The SMILES string of the molecule is Cc1ccc(CCN2CC(CO)OC2c2ccccc2)cc1C. The van der Waals surface area contributed by atoms with Crippen LogP contribution in [-0.4, -0.2) is 35.8 Å². The maximum atomic E-state index is 9.45. The third-order valence-corrected chi connectivity index (χ3v) is 4.64. The van der Waals surface area contributed by atoms with Gasteiger partial charge in [0.25, 0.3) is 0 Å². The molecular weight excluding hydrogens is 286 g/mol. The Morgan fingerprint density at radius 3 is 2.57 bits per heavy atom. The number of aryl methyl sites for hydroxylation is 2. The molecule has 1 N–H and O–H groups in total. The predicted octanol–water partition coefficient (Wildman–Crippen LogP) is 3.24. The monoisotopic (exact) mass is 311 g/mol. The molecule has 0 bridgehead atoms. The van der Waals surface area contributed by atoms with Crippen molar-refractivity contribution in [1.29, 1.82) is 0 Å². The largest absolute Gasteiger partial charge is 0.394 e. The lowest BCUT2D eigenvalue weighted by Crippen LogP contribution is -2.28. The third kappa shape index (κ3) is 3.81. The summed E-state index contributed by atoms with van der Waals surface area (Å²) in [5.74, 6) is 0. The van der Waals surface area contributed by atoms with Crippen LogP contribution in [0.2, 0.25) is 0 Å². The van der Waals surface area contributed by atoms with Gasteiger partial charge in [-0.25, -0.2) is 0 Å². The molecule has 0 amide bonds. The molecule has 2 unspecified atom stereocenters. The summed E-state index contributed by atoms with van der Waals surface area (Å²) in [6.07, 6.45) is 0.839. The second-order valence-electron chi connectivity index (χ2n) is 6.37. The summed E-state index contributed by atoms with van der Waals surface area (Å²) in [5.41, 5.74) is 5.18. The van der Waals surface area contributed by atoms with Crippen molar-refractivity contribution in [3.63, 3.8) is 0 Å². The number of aliphatic hydroxyl groups is 1. The molecule has 2 aromatic rings. The number of benzene rings is 2. The molecule has 3 heteroatoms. The van der Waals surface area contributed by atoms with Crippen molar-refractivity contribution in [1.82, 2.24) is 4.90 Å². The Hall–Kier alpha value is -1.68. The normalized spacial score (nSPS) is 21.7. The van der Waals surface area contributed by atoms with Crippen LogP contribution in [0.25, 0.3) is 0 Å². The van der Waals surface area contributed by atoms with Crippen molar-refractivity contribution in [2.24, 2.45) is 0 Å². The van der Waals surface area contributed by atoms with E-state index in [2.05, 4.69) is 49.1 Å². The van der Waals surface area contributed by atoms with Gasteiger partial charge in [0.2, 0.25) is 0 Å². The number of nitrogens with zero attached hydrogens (tertiary/aromatic N) is 1. The van der Waals surface area contributed by atoms with Gasteiger partial charge in [-0.1, -0.05) is 48.5 Å². The molecule has 1 fully saturated rings. The molecule has 0 spiro atoms. The third-order valence-electron chi connectivity index (χ3n) is 4.64. The van der Waals surface area contributed by atoms with Crippen LogP contribution in [0.3, 0.4) is 0 Å². The molecule has 2 atom stereocenters. The fourth-order valence-corrected chi connectivity index (χ4v) is 3.12. The van der Waals surface area contributed by atoms with Gasteiger partial charge < -0.3 is 9.84 Å². The van der Waals surface area contributed by atoms with Crippen molar-refractivity contribution < 1.29 is 9.84 Å². The summed E-state index contributed by atoms with van der Waals surface area (Å²) in [5, 5.41) is 9.45. The highest BCUT2D eigenvalue weighted by Gasteiger charge is 2.33. The molecule has 0 saturated carbocycles.